The molecule has 0 amide bonds. The summed E-state index contributed by atoms with van der Waals surface area (Å²) < 4.78 is 26.5. The van der Waals surface area contributed by atoms with Crippen molar-refractivity contribution in [2.45, 2.75) is 45.2 Å². The van der Waals surface area contributed by atoms with Crippen LogP contribution in [0.15, 0.2) is 41.3 Å². The smallest absolute Gasteiger partial charge is 0.243 e. The SMILES string of the molecule is CCN(CC)S(=O)(=O)c1ccc([C@H](C)NCc2ccc(C)s2)cc1. The average Bonchev–Trinajstić information content (AvgIpc) is 2.99. The van der Waals surface area contributed by atoms with E-state index in [1.165, 1.54) is 14.1 Å². The topological polar surface area (TPSA) is 49.4 Å². The molecule has 0 aliphatic rings. The molecule has 1 N–H and O–H groups in total. The van der Waals surface area contributed by atoms with Crippen molar-refractivity contribution < 1.29 is 8.42 Å². The zero-order valence-corrected chi connectivity index (χ0v) is 16.4. The Balaban J connectivity index is 2.05. The number of sulfonamides is 1. The summed E-state index contributed by atoms with van der Waals surface area (Å²) in [5.74, 6) is 0. The Labute approximate surface area is 149 Å². The molecular weight excluding hydrogens is 340 g/mol. The van der Waals surface area contributed by atoms with E-state index in [2.05, 4.69) is 31.3 Å². The molecule has 0 bridgehead atoms. The molecule has 24 heavy (non-hydrogen) atoms. The molecule has 132 valence electrons. The normalized spacial score (nSPS) is 13.4. The van der Waals surface area contributed by atoms with E-state index in [0.29, 0.717) is 18.0 Å². The van der Waals surface area contributed by atoms with Crippen molar-refractivity contribution in [1.82, 2.24) is 9.62 Å². The summed E-state index contributed by atoms with van der Waals surface area (Å²) in [6.07, 6.45) is 0. The molecule has 0 unspecified atom stereocenters. The highest BCUT2D eigenvalue weighted by Gasteiger charge is 2.21. The van der Waals surface area contributed by atoms with E-state index in [-0.39, 0.29) is 6.04 Å². The summed E-state index contributed by atoms with van der Waals surface area (Å²) in [5, 5.41) is 3.48. The lowest BCUT2D eigenvalue weighted by molar-refractivity contribution is 0.445. The lowest BCUT2D eigenvalue weighted by atomic mass is 10.1. The fourth-order valence-corrected chi connectivity index (χ4v) is 4.89. The Morgan fingerprint density at radius 1 is 1.08 bits per heavy atom. The van der Waals surface area contributed by atoms with Crippen LogP contribution >= 0.6 is 11.3 Å². The van der Waals surface area contributed by atoms with Crippen molar-refractivity contribution in [2.75, 3.05) is 13.1 Å². The summed E-state index contributed by atoms with van der Waals surface area (Å²) in [5.41, 5.74) is 1.08. The molecule has 0 saturated carbocycles. The van der Waals surface area contributed by atoms with Gasteiger partial charge in [0.1, 0.15) is 0 Å². The first-order valence-corrected chi connectivity index (χ1v) is 10.5. The standard InChI is InChI=1S/C18H26N2O2S2/c1-5-20(6-2)24(21,22)18-11-8-16(9-12-18)15(4)19-13-17-10-7-14(3)23-17/h7-12,15,19H,5-6,13H2,1-4H3/t15-/m0/s1. The Kier molecular flexibility index (Phi) is 6.57. The van der Waals surface area contributed by atoms with Gasteiger partial charge in [0.25, 0.3) is 0 Å². The van der Waals surface area contributed by atoms with Gasteiger partial charge >= 0.3 is 0 Å². The third kappa shape index (κ3) is 4.45. The zero-order valence-electron chi connectivity index (χ0n) is 14.7. The lowest BCUT2D eigenvalue weighted by Gasteiger charge is -2.19. The van der Waals surface area contributed by atoms with E-state index < -0.39 is 10.0 Å². The van der Waals surface area contributed by atoms with Gasteiger partial charge in [-0.2, -0.15) is 4.31 Å². The molecule has 0 aliphatic heterocycles. The fraction of sp³-hybridized carbons (Fsp3) is 0.444. The van der Waals surface area contributed by atoms with Gasteiger partial charge in [0.15, 0.2) is 0 Å². The van der Waals surface area contributed by atoms with Gasteiger partial charge in [0, 0.05) is 35.4 Å². The first-order valence-electron chi connectivity index (χ1n) is 8.27. The van der Waals surface area contributed by atoms with E-state index in [1.54, 1.807) is 23.5 Å². The monoisotopic (exact) mass is 366 g/mol. The zero-order chi connectivity index (χ0) is 17.7. The molecular formula is C18H26N2O2S2. The van der Waals surface area contributed by atoms with Gasteiger partial charge in [-0.15, -0.1) is 11.3 Å². The van der Waals surface area contributed by atoms with Crippen molar-refractivity contribution >= 4 is 21.4 Å². The number of nitrogens with zero attached hydrogens (tertiary/aromatic N) is 1. The van der Waals surface area contributed by atoms with Gasteiger partial charge in [-0.25, -0.2) is 8.42 Å². The number of hydrogen-bond donors (Lipinski definition) is 1. The Morgan fingerprint density at radius 3 is 2.21 bits per heavy atom. The second-order valence-corrected chi connectivity index (χ2v) is 9.08. The molecule has 0 fully saturated rings. The molecule has 1 heterocycles. The maximum atomic E-state index is 12.5. The second-order valence-electron chi connectivity index (χ2n) is 5.77. The van der Waals surface area contributed by atoms with E-state index in [0.717, 1.165) is 12.1 Å². The number of nitrogens with one attached hydrogen (secondary N) is 1. The van der Waals surface area contributed by atoms with Crippen LogP contribution in [0, 0.1) is 6.92 Å². The van der Waals surface area contributed by atoms with Crippen LogP contribution in [0.3, 0.4) is 0 Å². The van der Waals surface area contributed by atoms with Crippen LogP contribution in [0.25, 0.3) is 0 Å². The third-order valence-electron chi connectivity index (χ3n) is 4.10. The second kappa shape index (κ2) is 8.25. The van der Waals surface area contributed by atoms with Gasteiger partial charge in [0.05, 0.1) is 4.90 Å². The van der Waals surface area contributed by atoms with Crippen LogP contribution in [0.5, 0.6) is 0 Å². The van der Waals surface area contributed by atoms with E-state index in [4.69, 9.17) is 0 Å². The molecule has 1 aromatic heterocycles. The number of thiophene rings is 1. The maximum absolute atomic E-state index is 12.5. The number of aryl methyl sites for hydroxylation is 1. The number of rotatable bonds is 8. The minimum Gasteiger partial charge on any atom is -0.305 e. The lowest BCUT2D eigenvalue weighted by Crippen LogP contribution is -2.30. The van der Waals surface area contributed by atoms with Crippen molar-refractivity contribution in [2.24, 2.45) is 0 Å². The molecule has 2 aromatic rings. The first-order chi connectivity index (χ1) is 11.4. The van der Waals surface area contributed by atoms with Crippen LogP contribution in [-0.2, 0) is 16.6 Å². The Bertz CT molecular complexity index is 748. The maximum Gasteiger partial charge on any atom is 0.243 e. The summed E-state index contributed by atoms with van der Waals surface area (Å²) in [6.45, 7) is 9.69. The summed E-state index contributed by atoms with van der Waals surface area (Å²) in [6, 6.07) is 11.6. The van der Waals surface area contributed by atoms with Crippen LogP contribution in [0.2, 0.25) is 0 Å². The predicted molar refractivity (Wildman–Crippen MR) is 101 cm³/mol. The van der Waals surface area contributed by atoms with Crippen molar-refractivity contribution in [3.05, 3.63) is 51.7 Å². The van der Waals surface area contributed by atoms with E-state index >= 15 is 0 Å². The molecule has 0 radical (unpaired) electrons. The first kappa shape index (κ1) is 19.1. The summed E-state index contributed by atoms with van der Waals surface area (Å²) in [7, 11) is -3.38. The number of hydrogen-bond acceptors (Lipinski definition) is 4. The molecule has 1 aromatic carbocycles. The predicted octanol–water partition coefficient (Wildman–Crippen LogP) is 3.94. The van der Waals surface area contributed by atoms with Crippen molar-refractivity contribution in [1.29, 1.82) is 0 Å². The molecule has 0 saturated heterocycles. The molecule has 6 heteroatoms. The fourth-order valence-electron chi connectivity index (χ4n) is 2.59. The van der Waals surface area contributed by atoms with Crippen molar-refractivity contribution in [3.8, 4) is 0 Å². The van der Waals surface area contributed by atoms with Crippen LogP contribution in [-0.4, -0.2) is 25.8 Å². The van der Waals surface area contributed by atoms with Crippen molar-refractivity contribution in [3.63, 3.8) is 0 Å². The van der Waals surface area contributed by atoms with Crippen LogP contribution < -0.4 is 5.32 Å². The highest BCUT2D eigenvalue weighted by molar-refractivity contribution is 7.89. The Morgan fingerprint density at radius 2 is 1.71 bits per heavy atom. The molecule has 4 nitrogen and oxygen atoms in total. The van der Waals surface area contributed by atoms with Gasteiger partial charge in [-0.05, 0) is 43.7 Å². The average molecular weight is 367 g/mol. The highest BCUT2D eigenvalue weighted by atomic mass is 32.2. The molecule has 2 rings (SSSR count). The third-order valence-corrected chi connectivity index (χ3v) is 7.17. The quantitative estimate of drug-likeness (QED) is 0.770. The van der Waals surface area contributed by atoms with E-state index in [1.807, 2.05) is 26.0 Å². The largest absolute Gasteiger partial charge is 0.305 e. The van der Waals surface area contributed by atoms with Gasteiger partial charge in [0.2, 0.25) is 10.0 Å². The highest BCUT2D eigenvalue weighted by Crippen LogP contribution is 2.21. The van der Waals surface area contributed by atoms with E-state index in [9.17, 15) is 8.42 Å². The van der Waals surface area contributed by atoms with Crippen LogP contribution in [0.1, 0.15) is 42.1 Å². The molecule has 1 atom stereocenters. The van der Waals surface area contributed by atoms with Crippen LogP contribution in [0.4, 0.5) is 0 Å². The minimum absolute atomic E-state index is 0.164. The van der Waals surface area contributed by atoms with Gasteiger partial charge < -0.3 is 5.32 Å². The molecule has 0 aliphatic carbocycles. The van der Waals surface area contributed by atoms with Gasteiger partial charge in [-0.1, -0.05) is 26.0 Å². The molecule has 0 spiro atoms. The summed E-state index contributed by atoms with van der Waals surface area (Å²) in [4.78, 5) is 2.97. The van der Waals surface area contributed by atoms with Gasteiger partial charge in [-0.3, -0.25) is 0 Å². The minimum atomic E-state index is -3.38. The Hall–Kier alpha value is -1.21. The summed E-state index contributed by atoms with van der Waals surface area (Å²) >= 11 is 1.79. The number of benzene rings is 1.